The summed E-state index contributed by atoms with van der Waals surface area (Å²) >= 11 is 0. The Hall–Kier alpha value is -0.260. The second kappa shape index (κ2) is 8.02. The van der Waals surface area contributed by atoms with Crippen molar-refractivity contribution in [1.29, 1.82) is 0 Å². The monoisotopic (exact) mass is 282 g/mol. The molecule has 0 amide bonds. The summed E-state index contributed by atoms with van der Waals surface area (Å²) in [5.41, 5.74) is 0. The van der Waals surface area contributed by atoms with Gasteiger partial charge in [0.1, 0.15) is 6.16 Å². The van der Waals surface area contributed by atoms with Crippen molar-refractivity contribution in [3.63, 3.8) is 0 Å². The minimum Gasteiger partial charge on any atom is -0.347 e. The van der Waals surface area contributed by atoms with Crippen molar-refractivity contribution in [2.45, 2.75) is 33.0 Å². The second-order valence-corrected chi connectivity index (χ2v) is 5.60. The zero-order chi connectivity index (χ0) is 14.2. The topological polar surface area (TPSA) is 71.1 Å². The van der Waals surface area contributed by atoms with Crippen molar-refractivity contribution in [1.82, 2.24) is 0 Å². The van der Waals surface area contributed by atoms with Crippen LogP contribution < -0.4 is 0 Å². The Bertz CT molecular complexity index is 282. The molecule has 0 aromatic carbocycles. The van der Waals surface area contributed by atoms with E-state index in [9.17, 15) is 9.36 Å². The highest BCUT2D eigenvalue weighted by molar-refractivity contribution is 7.54. The van der Waals surface area contributed by atoms with Crippen molar-refractivity contribution in [2.24, 2.45) is 0 Å². The largest absolute Gasteiger partial charge is 0.347 e. The fraction of sp³-hybridized carbons (Fsp3) is 0.909. The van der Waals surface area contributed by atoms with Gasteiger partial charge in [-0.25, -0.2) is 0 Å². The molecular formula is C11H23O6P. The lowest BCUT2D eigenvalue weighted by atomic mass is 10.1. The van der Waals surface area contributed by atoms with E-state index in [1.54, 1.807) is 20.8 Å². The Labute approximate surface area is 108 Å². The second-order valence-electron chi connectivity index (χ2n) is 3.54. The summed E-state index contributed by atoms with van der Waals surface area (Å²) in [4.78, 5) is 12.1. The highest BCUT2D eigenvalue weighted by atomic mass is 31.2. The molecule has 0 unspecified atom stereocenters. The molecule has 0 fully saturated rings. The molecule has 0 aliphatic carbocycles. The number of Topliss-reactive ketones (excluding diaryl/α,β-unsaturated/α-hetero) is 1. The summed E-state index contributed by atoms with van der Waals surface area (Å²) in [5.74, 6) is -1.83. The van der Waals surface area contributed by atoms with Crippen molar-refractivity contribution >= 4 is 13.4 Å². The van der Waals surface area contributed by atoms with Gasteiger partial charge in [-0.15, -0.1) is 0 Å². The first-order valence-corrected chi connectivity index (χ1v) is 7.68. The molecule has 18 heavy (non-hydrogen) atoms. The van der Waals surface area contributed by atoms with E-state index in [0.717, 1.165) is 0 Å². The highest BCUT2D eigenvalue weighted by Gasteiger charge is 2.41. The van der Waals surface area contributed by atoms with E-state index >= 15 is 0 Å². The van der Waals surface area contributed by atoms with Crippen LogP contribution in [0, 0.1) is 0 Å². The number of carbonyl (C=O) groups excluding carboxylic acids is 1. The molecule has 0 bridgehead atoms. The first-order chi connectivity index (χ1) is 8.43. The molecule has 6 nitrogen and oxygen atoms in total. The molecule has 0 rings (SSSR count). The summed E-state index contributed by atoms with van der Waals surface area (Å²) in [6, 6.07) is 0. The molecule has 0 radical (unpaired) electrons. The van der Waals surface area contributed by atoms with Gasteiger partial charge in [0.15, 0.2) is 0 Å². The summed E-state index contributed by atoms with van der Waals surface area (Å²) in [6.45, 7) is 5.55. The van der Waals surface area contributed by atoms with Crippen LogP contribution in [-0.4, -0.2) is 45.2 Å². The van der Waals surface area contributed by atoms with E-state index in [-0.39, 0.29) is 19.4 Å². The van der Waals surface area contributed by atoms with E-state index in [0.29, 0.717) is 6.42 Å². The standard InChI is InChI=1S/C11H23O6P/c1-6-11(14-4,15-5)10(12)9-18(13,16-7-2)17-8-3/h6-9H2,1-5H3. The van der Waals surface area contributed by atoms with Gasteiger partial charge >= 0.3 is 7.60 Å². The van der Waals surface area contributed by atoms with Crippen LogP contribution in [0.5, 0.6) is 0 Å². The summed E-state index contributed by atoms with van der Waals surface area (Å²) in [6.07, 6.45) is -0.0404. The molecule has 0 aromatic heterocycles. The van der Waals surface area contributed by atoms with Crippen LogP contribution in [0.3, 0.4) is 0 Å². The van der Waals surface area contributed by atoms with E-state index in [1.807, 2.05) is 0 Å². The number of hydrogen-bond donors (Lipinski definition) is 0. The van der Waals surface area contributed by atoms with Crippen LogP contribution in [0.25, 0.3) is 0 Å². The SMILES string of the molecule is CCOP(=O)(CC(=O)C(CC)(OC)OC)OCC. The smallest absolute Gasteiger partial charge is 0.338 e. The number of ether oxygens (including phenoxy) is 2. The van der Waals surface area contributed by atoms with E-state index in [4.69, 9.17) is 18.5 Å². The molecule has 7 heteroatoms. The Kier molecular flexibility index (Phi) is 7.90. The van der Waals surface area contributed by atoms with Gasteiger partial charge in [-0.3, -0.25) is 9.36 Å². The van der Waals surface area contributed by atoms with Gasteiger partial charge in [-0.1, -0.05) is 6.92 Å². The maximum absolute atomic E-state index is 12.2. The van der Waals surface area contributed by atoms with Gasteiger partial charge in [-0.05, 0) is 13.8 Å². The minimum absolute atomic E-state index is 0.212. The van der Waals surface area contributed by atoms with Gasteiger partial charge in [-0.2, -0.15) is 0 Å². The Morgan fingerprint density at radius 1 is 1.06 bits per heavy atom. The maximum Gasteiger partial charge on any atom is 0.338 e. The van der Waals surface area contributed by atoms with Crippen LogP contribution >= 0.6 is 7.60 Å². The minimum atomic E-state index is -3.42. The lowest BCUT2D eigenvalue weighted by Crippen LogP contribution is -2.44. The summed E-state index contributed by atoms with van der Waals surface area (Å²) in [5, 5.41) is 0. The number of rotatable bonds is 10. The first kappa shape index (κ1) is 17.7. The van der Waals surface area contributed by atoms with Crippen LogP contribution in [0.15, 0.2) is 0 Å². The Morgan fingerprint density at radius 3 is 1.78 bits per heavy atom. The molecule has 0 heterocycles. The molecule has 0 atom stereocenters. The third kappa shape index (κ3) is 4.44. The predicted octanol–water partition coefficient (Wildman–Crippen LogP) is 2.22. The molecule has 0 N–H and O–H groups in total. The van der Waals surface area contributed by atoms with Gasteiger partial charge in [0.05, 0.1) is 13.2 Å². The number of hydrogen-bond acceptors (Lipinski definition) is 6. The highest BCUT2D eigenvalue weighted by Crippen LogP contribution is 2.48. The first-order valence-electron chi connectivity index (χ1n) is 5.95. The molecule has 108 valence electrons. The Morgan fingerprint density at radius 2 is 1.50 bits per heavy atom. The van der Waals surface area contributed by atoms with Crippen LogP contribution in [0.1, 0.15) is 27.2 Å². The van der Waals surface area contributed by atoms with Crippen molar-refractivity contribution in [2.75, 3.05) is 33.6 Å². The third-order valence-electron chi connectivity index (χ3n) is 2.54. The summed E-state index contributed by atoms with van der Waals surface area (Å²) in [7, 11) is -0.677. The fourth-order valence-corrected chi connectivity index (χ4v) is 3.25. The normalized spacial score (nSPS) is 12.7. The molecule has 0 saturated carbocycles. The van der Waals surface area contributed by atoms with Gasteiger partial charge in [0, 0.05) is 20.6 Å². The summed E-state index contributed by atoms with van der Waals surface area (Å²) < 4.78 is 32.6. The lowest BCUT2D eigenvalue weighted by molar-refractivity contribution is -0.206. The molecule has 0 saturated heterocycles. The fourth-order valence-electron chi connectivity index (χ4n) is 1.62. The average molecular weight is 282 g/mol. The van der Waals surface area contributed by atoms with E-state index in [2.05, 4.69) is 0 Å². The third-order valence-corrected chi connectivity index (χ3v) is 4.52. The average Bonchev–Trinajstić information content (AvgIpc) is 2.32. The van der Waals surface area contributed by atoms with E-state index < -0.39 is 19.2 Å². The molecule has 0 aliphatic heterocycles. The quantitative estimate of drug-likeness (QED) is 0.452. The molecule has 0 spiro atoms. The lowest BCUT2D eigenvalue weighted by Gasteiger charge is -2.29. The predicted molar refractivity (Wildman–Crippen MR) is 67.8 cm³/mol. The zero-order valence-electron chi connectivity index (χ0n) is 11.7. The number of carbonyl (C=O) groups is 1. The maximum atomic E-state index is 12.2. The Balaban J connectivity index is 4.93. The zero-order valence-corrected chi connectivity index (χ0v) is 12.6. The molecular weight excluding hydrogens is 259 g/mol. The molecule has 0 aromatic rings. The van der Waals surface area contributed by atoms with Gasteiger partial charge in [0.25, 0.3) is 0 Å². The van der Waals surface area contributed by atoms with Crippen molar-refractivity contribution in [3.8, 4) is 0 Å². The molecule has 0 aliphatic rings. The van der Waals surface area contributed by atoms with Crippen molar-refractivity contribution < 1.29 is 27.9 Å². The van der Waals surface area contributed by atoms with E-state index in [1.165, 1.54) is 14.2 Å². The van der Waals surface area contributed by atoms with Gasteiger partial charge < -0.3 is 18.5 Å². The van der Waals surface area contributed by atoms with Crippen molar-refractivity contribution in [3.05, 3.63) is 0 Å². The number of methoxy groups -OCH3 is 2. The number of ketones is 1. The van der Waals surface area contributed by atoms with Gasteiger partial charge in [0.2, 0.25) is 11.6 Å². The van der Waals surface area contributed by atoms with Crippen LogP contribution in [0.2, 0.25) is 0 Å². The van der Waals surface area contributed by atoms with Crippen LogP contribution in [-0.2, 0) is 27.9 Å². The van der Waals surface area contributed by atoms with Crippen LogP contribution in [0.4, 0.5) is 0 Å².